The summed E-state index contributed by atoms with van der Waals surface area (Å²) in [6.07, 6.45) is -6.15. The van der Waals surface area contributed by atoms with E-state index < -0.39 is 100 Å². The zero-order chi connectivity index (χ0) is 42.7. The number of nitrogens with zero attached hydrogens (tertiary/aromatic N) is 5. The van der Waals surface area contributed by atoms with Gasteiger partial charge in [0.25, 0.3) is 18.3 Å². The molecule has 0 saturated carbocycles. The molecule has 0 saturated heterocycles. The van der Waals surface area contributed by atoms with Crippen molar-refractivity contribution in [3.8, 4) is 23.0 Å². The highest BCUT2D eigenvalue weighted by molar-refractivity contribution is 7.92. The van der Waals surface area contributed by atoms with Gasteiger partial charge in [-0.2, -0.15) is 19.0 Å². The molecule has 1 atom stereocenters. The molecule has 0 spiro atoms. The van der Waals surface area contributed by atoms with Crippen LogP contribution in [0.25, 0.3) is 22.0 Å². The number of fused-ring (bicyclic) bond motifs is 2. The molecular weight excluding hydrogens is 826 g/mol. The van der Waals surface area contributed by atoms with E-state index in [0.717, 1.165) is 18.4 Å². The van der Waals surface area contributed by atoms with Crippen molar-refractivity contribution in [1.82, 2.24) is 29.9 Å². The zero-order valence-corrected chi connectivity index (χ0v) is 32.3. The molecular formula is C37H32ClF8N7O4S. The molecule has 11 nitrogen and oxygen atoms in total. The number of aryl methyl sites for hydroxylation is 1. The quantitative estimate of drug-likeness (QED) is 0.0991. The van der Waals surface area contributed by atoms with Gasteiger partial charge >= 0.3 is 0 Å². The molecule has 0 radical (unpaired) electrons. The molecule has 21 heteroatoms. The largest absolute Gasteiger partial charge is 0.378 e. The third-order valence-electron chi connectivity index (χ3n) is 8.90. The molecule has 1 aliphatic rings. The Balaban J connectivity index is 1.55. The number of rotatable bonds is 10. The number of carbonyl (C=O) groups is 1. The number of alkyl halides is 6. The van der Waals surface area contributed by atoms with Gasteiger partial charge in [-0.25, -0.2) is 39.7 Å². The summed E-state index contributed by atoms with van der Waals surface area (Å²) in [7, 11) is -2.41. The first kappa shape index (κ1) is 42.3. The van der Waals surface area contributed by atoms with Crippen LogP contribution in [0.1, 0.15) is 73.1 Å². The number of sulfonamides is 1. The number of pyridine rings is 1. The van der Waals surface area contributed by atoms with Crippen LogP contribution in [-0.2, 0) is 46.7 Å². The number of anilines is 1. The normalized spacial score (nSPS) is 15.5. The molecule has 1 unspecified atom stereocenters. The summed E-state index contributed by atoms with van der Waals surface area (Å²) in [6.45, 7) is 1.49. The molecule has 1 aliphatic carbocycles. The number of carbonyl (C=O) groups excluding carboxylic acids is 1. The molecule has 0 bridgehead atoms. The average Bonchev–Trinajstić information content (AvgIpc) is 3.64. The lowest BCUT2D eigenvalue weighted by Gasteiger charge is -2.29. The second kappa shape index (κ2) is 15.2. The molecule has 3 N–H and O–H groups in total. The number of aliphatic hydroxyl groups is 1. The van der Waals surface area contributed by atoms with Gasteiger partial charge in [0.2, 0.25) is 15.9 Å². The van der Waals surface area contributed by atoms with E-state index in [1.807, 2.05) is 0 Å². The summed E-state index contributed by atoms with van der Waals surface area (Å²) in [6, 6.07) is 6.79. The molecule has 6 rings (SSSR count). The van der Waals surface area contributed by atoms with Crippen molar-refractivity contribution in [1.29, 1.82) is 0 Å². The number of aromatic nitrogens is 5. The van der Waals surface area contributed by atoms with Crippen LogP contribution in [-0.4, -0.2) is 55.8 Å². The Morgan fingerprint density at radius 3 is 2.26 bits per heavy atom. The van der Waals surface area contributed by atoms with E-state index >= 15 is 8.78 Å². The summed E-state index contributed by atoms with van der Waals surface area (Å²) in [5.41, 5.74) is -5.89. The zero-order valence-electron chi connectivity index (χ0n) is 30.7. The van der Waals surface area contributed by atoms with Crippen LogP contribution < -0.4 is 10.0 Å². The first-order valence-electron chi connectivity index (χ1n) is 17.1. The monoisotopic (exact) mass is 857 g/mol. The first-order valence-corrected chi connectivity index (χ1v) is 19.4. The average molecular weight is 858 g/mol. The van der Waals surface area contributed by atoms with Crippen LogP contribution in [0.4, 0.5) is 40.9 Å². The number of amides is 1. The molecule has 3 aromatic heterocycles. The fraction of sp³-hybridized carbons (Fsp3) is 0.351. The summed E-state index contributed by atoms with van der Waals surface area (Å²) in [5.74, 6) is -6.33. The summed E-state index contributed by atoms with van der Waals surface area (Å²) in [4.78, 5) is 18.5. The molecule has 0 aliphatic heterocycles. The van der Waals surface area contributed by atoms with E-state index in [4.69, 9.17) is 11.6 Å². The standard InChI is InChI=1S/C37H32ClF8N7O4S/c1-35(2,55)10-9-21-5-6-22(23-7-8-24(38)27-31(23)52(3)50-34(27)51-58(4,56)57)29(47-21)25(15-18-13-19(39)16-20(40)14-18)48-26(54)17-53-32-28(30(49-53)33(41)42)36(43,44)11-12-37(32,45)46/h5-8,13-14,16,25,33,55H,11-12,15,17H2,1-4H3,(H,48,54)(H,50,51). The second-order valence-electron chi connectivity index (χ2n) is 14.2. The van der Waals surface area contributed by atoms with Gasteiger partial charge in [-0.05, 0) is 62.1 Å². The fourth-order valence-corrected chi connectivity index (χ4v) is 7.43. The van der Waals surface area contributed by atoms with Crippen molar-refractivity contribution in [2.45, 2.75) is 69.6 Å². The minimum Gasteiger partial charge on any atom is -0.378 e. The van der Waals surface area contributed by atoms with Crippen LogP contribution >= 0.6 is 11.6 Å². The molecule has 1 amide bonds. The maximum Gasteiger partial charge on any atom is 0.290 e. The lowest BCUT2D eigenvalue weighted by molar-refractivity contribution is -0.123. The molecule has 3 heterocycles. The highest BCUT2D eigenvalue weighted by atomic mass is 35.5. The van der Waals surface area contributed by atoms with E-state index in [1.54, 1.807) is 0 Å². The second-order valence-corrected chi connectivity index (χ2v) is 16.3. The lowest BCUT2D eigenvalue weighted by Crippen LogP contribution is -2.37. The number of hydrogen-bond donors (Lipinski definition) is 3. The third kappa shape index (κ3) is 8.90. The van der Waals surface area contributed by atoms with Crippen molar-refractivity contribution in [3.05, 3.63) is 93.0 Å². The maximum absolute atomic E-state index is 15.2. The number of nitrogens with one attached hydrogen (secondary N) is 2. The smallest absolute Gasteiger partial charge is 0.290 e. The molecule has 58 heavy (non-hydrogen) atoms. The molecule has 0 fully saturated rings. The predicted octanol–water partition coefficient (Wildman–Crippen LogP) is 7.27. The Labute approximate surface area is 330 Å². The van der Waals surface area contributed by atoms with Crippen molar-refractivity contribution < 1.29 is 53.4 Å². The van der Waals surface area contributed by atoms with E-state index in [2.05, 4.69) is 37.1 Å². The van der Waals surface area contributed by atoms with Crippen molar-refractivity contribution >= 4 is 44.3 Å². The SMILES string of the molecule is Cn1nc(NS(C)(=O)=O)c2c(Cl)ccc(-c3ccc(C#CC(C)(C)O)nc3C(Cc3cc(F)cc(F)c3)NC(=O)Cn3nc(C(F)F)c4c3C(F)(F)CCC4(F)F)c21. The van der Waals surface area contributed by atoms with Crippen LogP contribution in [0.3, 0.4) is 0 Å². The van der Waals surface area contributed by atoms with E-state index in [1.165, 1.54) is 49.8 Å². The highest BCUT2D eigenvalue weighted by Gasteiger charge is 2.55. The van der Waals surface area contributed by atoms with E-state index in [9.17, 15) is 44.7 Å². The Kier molecular flexibility index (Phi) is 11.1. The topological polar surface area (TPSA) is 144 Å². The Morgan fingerprint density at radius 2 is 1.64 bits per heavy atom. The minimum atomic E-state index is -4.11. The van der Waals surface area contributed by atoms with Gasteiger partial charge in [0.15, 0.2) is 5.82 Å². The van der Waals surface area contributed by atoms with Gasteiger partial charge in [0.1, 0.15) is 40.9 Å². The van der Waals surface area contributed by atoms with Gasteiger partial charge in [0, 0.05) is 37.1 Å². The van der Waals surface area contributed by atoms with Crippen LogP contribution in [0, 0.1) is 23.5 Å². The Bertz CT molecular complexity index is 2610. The third-order valence-corrected chi connectivity index (χ3v) is 9.78. The Hall–Kier alpha value is -5.26. The van der Waals surface area contributed by atoms with Gasteiger partial charge in [-0.3, -0.25) is 18.9 Å². The van der Waals surface area contributed by atoms with Gasteiger partial charge < -0.3 is 10.4 Å². The van der Waals surface area contributed by atoms with Crippen LogP contribution in [0.2, 0.25) is 5.02 Å². The highest BCUT2D eigenvalue weighted by Crippen LogP contribution is 2.52. The molecule has 308 valence electrons. The lowest BCUT2D eigenvalue weighted by atomic mass is 9.89. The summed E-state index contributed by atoms with van der Waals surface area (Å²) < 4.78 is 145. The van der Waals surface area contributed by atoms with Crippen LogP contribution in [0.15, 0.2) is 42.5 Å². The van der Waals surface area contributed by atoms with Crippen molar-refractivity contribution in [2.24, 2.45) is 7.05 Å². The number of hydrogen-bond acceptors (Lipinski definition) is 7. The van der Waals surface area contributed by atoms with E-state index in [0.29, 0.717) is 6.07 Å². The summed E-state index contributed by atoms with van der Waals surface area (Å²) in [5, 5.41) is 20.6. The molecule has 5 aromatic rings. The van der Waals surface area contributed by atoms with E-state index in [-0.39, 0.29) is 54.5 Å². The first-order chi connectivity index (χ1) is 26.8. The van der Waals surface area contributed by atoms with Gasteiger partial charge in [-0.1, -0.05) is 23.6 Å². The number of halogens is 9. The Morgan fingerprint density at radius 1 is 1.00 bits per heavy atom. The predicted molar refractivity (Wildman–Crippen MR) is 196 cm³/mol. The maximum atomic E-state index is 15.2. The number of benzene rings is 2. The van der Waals surface area contributed by atoms with Gasteiger partial charge in [0.05, 0.1) is 39.5 Å². The summed E-state index contributed by atoms with van der Waals surface area (Å²) >= 11 is 6.54. The minimum absolute atomic E-state index is 0.00946. The van der Waals surface area contributed by atoms with Crippen LogP contribution in [0.5, 0.6) is 0 Å². The van der Waals surface area contributed by atoms with Crippen molar-refractivity contribution in [2.75, 3.05) is 11.0 Å². The fourth-order valence-electron chi connectivity index (χ4n) is 6.69. The van der Waals surface area contributed by atoms with Gasteiger partial charge in [-0.15, -0.1) is 0 Å². The molecule has 2 aromatic carbocycles. The van der Waals surface area contributed by atoms with Crippen molar-refractivity contribution in [3.63, 3.8) is 0 Å².